The van der Waals surface area contributed by atoms with Gasteiger partial charge in [-0.3, -0.25) is 0 Å². The summed E-state index contributed by atoms with van der Waals surface area (Å²) < 4.78 is 21.2. The molecule has 2 aromatic heterocycles. The lowest BCUT2D eigenvalue weighted by molar-refractivity contribution is 0.432. The van der Waals surface area contributed by atoms with Gasteiger partial charge in [-0.25, -0.2) is 4.21 Å². The first-order chi connectivity index (χ1) is 15.4. The minimum absolute atomic E-state index is 0.419. The fourth-order valence-corrected chi connectivity index (χ4v) is 4.97. The smallest absolute Gasteiger partial charge is 0.258 e. The lowest BCUT2D eigenvalue weighted by Crippen LogP contribution is -2.38. The van der Waals surface area contributed by atoms with Crippen LogP contribution in [-0.2, 0) is 9.71 Å². The highest BCUT2D eigenvalue weighted by molar-refractivity contribution is 8.00. The summed E-state index contributed by atoms with van der Waals surface area (Å²) in [6.45, 7) is 3.21. The fourth-order valence-electron chi connectivity index (χ4n) is 4.34. The van der Waals surface area contributed by atoms with Crippen molar-refractivity contribution in [3.8, 4) is 22.8 Å². The van der Waals surface area contributed by atoms with Gasteiger partial charge < -0.3 is 19.1 Å². The number of H-pyrrole nitrogens is 1. The number of hydrogen-bond acceptors (Lipinski definition) is 5. The van der Waals surface area contributed by atoms with Crippen LogP contribution in [0.2, 0.25) is 0 Å². The SMILES string of the molecule is C=S(C)(=O)Nc1cc(-c2nc(-c3ccc4[nH]ccc4c3)no2)ccc1N1CCCCC1C. The topological polar surface area (TPSA) is 87.0 Å². The molecule has 2 unspecified atom stereocenters. The Balaban J connectivity index is 1.51. The number of piperidine rings is 1. The summed E-state index contributed by atoms with van der Waals surface area (Å²) in [5.41, 5.74) is 4.51. The standard InChI is InChI=1S/C24H27N5O2S/c1-16-6-4-5-13-29(16)22-10-8-19(15-21(22)28-32(2,3)30)24-26-23(27-31-24)18-7-9-20-17(14-18)11-12-25-20/h7-12,14-16,25H,2,4-6,13H2,1,3H3,(H,28,30). The van der Waals surface area contributed by atoms with Crippen molar-refractivity contribution in [2.75, 3.05) is 22.4 Å². The van der Waals surface area contributed by atoms with Gasteiger partial charge in [-0.15, -0.1) is 0 Å². The van der Waals surface area contributed by atoms with Crippen LogP contribution in [0.25, 0.3) is 33.7 Å². The maximum Gasteiger partial charge on any atom is 0.258 e. The third kappa shape index (κ3) is 4.10. The summed E-state index contributed by atoms with van der Waals surface area (Å²) in [6.07, 6.45) is 7.04. The second kappa shape index (κ2) is 8.02. The minimum atomic E-state index is -2.45. The molecule has 1 saturated heterocycles. The van der Waals surface area contributed by atoms with Gasteiger partial charge in [0.25, 0.3) is 5.89 Å². The number of fused-ring (bicyclic) bond motifs is 1. The van der Waals surface area contributed by atoms with Crippen LogP contribution in [0.3, 0.4) is 0 Å². The van der Waals surface area contributed by atoms with E-state index in [1.54, 1.807) is 6.26 Å². The molecule has 7 nitrogen and oxygen atoms in total. The van der Waals surface area contributed by atoms with Gasteiger partial charge in [-0.1, -0.05) is 5.16 Å². The van der Waals surface area contributed by atoms with Gasteiger partial charge in [0.2, 0.25) is 5.82 Å². The van der Waals surface area contributed by atoms with E-state index in [0.29, 0.717) is 17.8 Å². The van der Waals surface area contributed by atoms with Crippen molar-refractivity contribution in [2.45, 2.75) is 32.2 Å². The lowest BCUT2D eigenvalue weighted by atomic mass is 10.0. The fraction of sp³-hybridized carbons (Fsp3) is 0.292. The summed E-state index contributed by atoms with van der Waals surface area (Å²) in [7, 11) is -2.45. The zero-order chi connectivity index (χ0) is 22.3. The van der Waals surface area contributed by atoms with Crippen molar-refractivity contribution >= 4 is 37.9 Å². The van der Waals surface area contributed by atoms with Crippen molar-refractivity contribution < 1.29 is 8.73 Å². The van der Waals surface area contributed by atoms with Crippen LogP contribution >= 0.6 is 0 Å². The van der Waals surface area contributed by atoms with Gasteiger partial charge in [0.05, 0.1) is 11.4 Å². The Labute approximate surface area is 188 Å². The highest BCUT2D eigenvalue weighted by atomic mass is 32.2. The van der Waals surface area contributed by atoms with Crippen molar-refractivity contribution in [1.82, 2.24) is 15.1 Å². The van der Waals surface area contributed by atoms with Crippen LogP contribution < -0.4 is 9.62 Å². The molecule has 1 fully saturated rings. The molecule has 32 heavy (non-hydrogen) atoms. The first-order valence-electron chi connectivity index (χ1n) is 10.8. The van der Waals surface area contributed by atoms with E-state index in [1.807, 2.05) is 48.7 Å². The number of anilines is 2. The molecular formula is C24H27N5O2S. The highest BCUT2D eigenvalue weighted by Crippen LogP contribution is 2.35. The minimum Gasteiger partial charge on any atom is -0.367 e. The number of nitrogens with zero attached hydrogens (tertiary/aromatic N) is 3. The number of nitrogens with one attached hydrogen (secondary N) is 2. The van der Waals surface area contributed by atoms with Gasteiger partial charge in [-0.05, 0) is 74.5 Å². The molecule has 2 aromatic carbocycles. The largest absolute Gasteiger partial charge is 0.367 e. The van der Waals surface area contributed by atoms with Crippen LogP contribution in [0.15, 0.2) is 53.2 Å². The molecular weight excluding hydrogens is 422 g/mol. The Hall–Kier alpha value is -3.26. The third-order valence-electron chi connectivity index (χ3n) is 5.92. The quantitative estimate of drug-likeness (QED) is 0.422. The third-order valence-corrected chi connectivity index (χ3v) is 6.57. The molecule has 2 N–H and O–H groups in total. The molecule has 8 heteroatoms. The number of rotatable bonds is 5. The average molecular weight is 450 g/mol. The van der Waals surface area contributed by atoms with Gasteiger partial charge in [0, 0.05) is 56.8 Å². The number of benzene rings is 2. The molecule has 0 amide bonds. The molecule has 166 valence electrons. The number of hydrogen-bond donors (Lipinski definition) is 2. The van der Waals surface area contributed by atoms with Crippen molar-refractivity contribution in [3.63, 3.8) is 0 Å². The van der Waals surface area contributed by atoms with Crippen LogP contribution in [0, 0.1) is 0 Å². The van der Waals surface area contributed by atoms with Gasteiger partial charge in [0.15, 0.2) is 0 Å². The van der Waals surface area contributed by atoms with Crippen LogP contribution in [0.5, 0.6) is 0 Å². The summed E-state index contributed by atoms with van der Waals surface area (Å²) in [5, 5.41) is 5.28. The Bertz CT molecular complexity index is 1370. The Kier molecular flexibility index (Phi) is 5.17. The Morgan fingerprint density at radius 2 is 2.03 bits per heavy atom. The van der Waals surface area contributed by atoms with E-state index in [1.165, 1.54) is 6.42 Å². The number of aromatic nitrogens is 3. The van der Waals surface area contributed by atoms with E-state index in [0.717, 1.165) is 52.8 Å². The second-order valence-electron chi connectivity index (χ2n) is 8.58. The monoisotopic (exact) mass is 449 g/mol. The van der Waals surface area contributed by atoms with E-state index in [4.69, 9.17) is 4.52 Å². The predicted octanol–water partition coefficient (Wildman–Crippen LogP) is 4.94. The normalized spacial score (nSPS) is 18.6. The molecule has 0 aliphatic carbocycles. The molecule has 5 rings (SSSR count). The average Bonchev–Trinajstić information content (AvgIpc) is 3.42. The van der Waals surface area contributed by atoms with Crippen molar-refractivity contribution in [3.05, 3.63) is 48.7 Å². The van der Waals surface area contributed by atoms with Crippen LogP contribution in [0.4, 0.5) is 11.4 Å². The van der Waals surface area contributed by atoms with E-state index in [2.05, 4.69) is 37.5 Å². The van der Waals surface area contributed by atoms with Crippen LogP contribution in [-0.4, -0.2) is 44.0 Å². The molecule has 4 aromatic rings. The zero-order valence-electron chi connectivity index (χ0n) is 18.3. The summed E-state index contributed by atoms with van der Waals surface area (Å²) in [4.78, 5) is 10.2. The molecule has 0 bridgehead atoms. The molecule has 1 aliphatic rings. The summed E-state index contributed by atoms with van der Waals surface area (Å²) >= 11 is 0. The molecule has 3 heterocycles. The van der Waals surface area contributed by atoms with Gasteiger partial charge >= 0.3 is 0 Å². The summed E-state index contributed by atoms with van der Waals surface area (Å²) in [5.74, 6) is 4.73. The second-order valence-corrected chi connectivity index (χ2v) is 10.8. The molecule has 0 spiro atoms. The van der Waals surface area contributed by atoms with E-state index < -0.39 is 9.71 Å². The van der Waals surface area contributed by atoms with Crippen molar-refractivity contribution in [1.29, 1.82) is 0 Å². The molecule has 0 saturated carbocycles. The van der Waals surface area contributed by atoms with E-state index >= 15 is 0 Å². The molecule has 0 radical (unpaired) electrons. The van der Waals surface area contributed by atoms with Gasteiger partial charge in [0.1, 0.15) is 0 Å². The highest BCUT2D eigenvalue weighted by Gasteiger charge is 2.23. The van der Waals surface area contributed by atoms with Crippen molar-refractivity contribution in [2.24, 2.45) is 0 Å². The Morgan fingerprint density at radius 1 is 1.19 bits per heavy atom. The maximum atomic E-state index is 12.5. The van der Waals surface area contributed by atoms with E-state index in [9.17, 15) is 4.21 Å². The van der Waals surface area contributed by atoms with E-state index in [-0.39, 0.29) is 0 Å². The first kappa shape index (κ1) is 20.6. The lowest BCUT2D eigenvalue weighted by Gasteiger charge is -2.36. The summed E-state index contributed by atoms with van der Waals surface area (Å²) in [6, 6.07) is 14.4. The van der Waals surface area contributed by atoms with Gasteiger partial charge in [-0.2, -0.15) is 4.98 Å². The van der Waals surface area contributed by atoms with Crippen LogP contribution in [0.1, 0.15) is 26.2 Å². The predicted molar refractivity (Wildman–Crippen MR) is 132 cm³/mol. The first-order valence-corrected chi connectivity index (χ1v) is 12.9. The zero-order valence-corrected chi connectivity index (χ0v) is 19.1. The Morgan fingerprint density at radius 3 is 2.84 bits per heavy atom. The molecule has 1 aliphatic heterocycles. The molecule has 2 atom stereocenters. The maximum absolute atomic E-state index is 12.5. The number of aromatic amines is 1.